The van der Waals surface area contributed by atoms with E-state index in [1.165, 1.54) is 36.4 Å². The van der Waals surface area contributed by atoms with Gasteiger partial charge in [-0.3, -0.25) is 4.79 Å². The molecule has 1 atom stereocenters. The first kappa shape index (κ1) is 21.8. The topological polar surface area (TPSA) is 54.0 Å². The van der Waals surface area contributed by atoms with E-state index in [1.54, 1.807) is 18.2 Å². The van der Waals surface area contributed by atoms with Crippen LogP contribution in [0, 0.1) is 11.7 Å². The summed E-state index contributed by atoms with van der Waals surface area (Å²) in [4.78, 5) is 16.9. The number of aromatic nitrogens is 1. The normalized spacial score (nSPS) is 16.4. The summed E-state index contributed by atoms with van der Waals surface area (Å²) in [5.74, 6) is 0.187. The molecular weight excluding hydrogens is 384 g/mol. The van der Waals surface area contributed by atoms with Crippen LogP contribution in [0.15, 0.2) is 30.5 Å². The van der Waals surface area contributed by atoms with Crippen molar-refractivity contribution >= 4 is 42.1 Å². The number of halogens is 3. The van der Waals surface area contributed by atoms with Crippen LogP contribution >= 0.6 is 36.2 Å². The van der Waals surface area contributed by atoms with Gasteiger partial charge >= 0.3 is 0 Å². The highest BCUT2D eigenvalue weighted by Crippen LogP contribution is 2.27. The molecule has 4 nitrogen and oxygen atoms in total. The third kappa shape index (κ3) is 5.92. The molecule has 2 N–H and O–H groups in total. The number of piperidine rings is 1. The number of carbonyl (C=O) groups excluding carboxylic acids is 1. The van der Waals surface area contributed by atoms with Crippen LogP contribution in [0.2, 0.25) is 0 Å². The van der Waals surface area contributed by atoms with Crippen molar-refractivity contribution in [3.05, 3.63) is 41.2 Å². The molecule has 2 aromatic rings. The van der Waals surface area contributed by atoms with Gasteiger partial charge in [0.1, 0.15) is 15.7 Å². The lowest BCUT2D eigenvalue weighted by molar-refractivity contribution is 0.0954. The summed E-state index contributed by atoms with van der Waals surface area (Å²) in [6.07, 6.45) is 4.93. The Morgan fingerprint density at radius 3 is 2.88 bits per heavy atom. The van der Waals surface area contributed by atoms with Crippen molar-refractivity contribution in [3.63, 3.8) is 0 Å². The van der Waals surface area contributed by atoms with Gasteiger partial charge in [0.15, 0.2) is 0 Å². The van der Waals surface area contributed by atoms with Gasteiger partial charge < -0.3 is 10.6 Å². The number of thiazole rings is 1. The van der Waals surface area contributed by atoms with Crippen LogP contribution in [0.1, 0.15) is 28.9 Å². The van der Waals surface area contributed by atoms with Crippen LogP contribution in [0.5, 0.6) is 0 Å². The Morgan fingerprint density at radius 1 is 1.36 bits per heavy atom. The van der Waals surface area contributed by atoms with Crippen molar-refractivity contribution in [2.24, 2.45) is 5.92 Å². The number of nitrogens with one attached hydrogen (secondary N) is 2. The van der Waals surface area contributed by atoms with Crippen LogP contribution in [0.4, 0.5) is 4.39 Å². The first-order valence-corrected chi connectivity index (χ1v) is 8.75. The van der Waals surface area contributed by atoms with Crippen molar-refractivity contribution in [1.29, 1.82) is 0 Å². The van der Waals surface area contributed by atoms with E-state index in [0.717, 1.165) is 19.5 Å². The molecule has 25 heavy (non-hydrogen) atoms. The summed E-state index contributed by atoms with van der Waals surface area (Å²) >= 11 is 1.22. The number of benzene rings is 1. The zero-order chi connectivity index (χ0) is 16.1. The maximum Gasteiger partial charge on any atom is 0.263 e. The van der Waals surface area contributed by atoms with E-state index in [0.29, 0.717) is 27.9 Å². The van der Waals surface area contributed by atoms with E-state index < -0.39 is 0 Å². The summed E-state index contributed by atoms with van der Waals surface area (Å²) in [6.45, 7) is 2.80. The summed E-state index contributed by atoms with van der Waals surface area (Å²) < 4.78 is 13.8. The first-order valence-electron chi connectivity index (χ1n) is 7.93. The molecule has 2 heterocycles. The van der Waals surface area contributed by atoms with Crippen LogP contribution < -0.4 is 10.6 Å². The molecule has 1 aromatic heterocycles. The molecule has 0 saturated carbocycles. The van der Waals surface area contributed by atoms with E-state index in [2.05, 4.69) is 15.6 Å². The highest BCUT2D eigenvalue weighted by molar-refractivity contribution is 7.16. The Balaban J connectivity index is 0.00000156. The molecule has 1 unspecified atom stereocenters. The molecule has 1 aliphatic rings. The van der Waals surface area contributed by atoms with Crippen LogP contribution in [0.3, 0.4) is 0 Å². The molecule has 1 aliphatic heterocycles. The molecule has 1 fully saturated rings. The minimum atomic E-state index is -0.321. The third-order valence-electron chi connectivity index (χ3n) is 4.07. The standard InChI is InChI=1S/C17H20FN3OS.2ClH/c18-14-6-2-1-5-13(14)17-21-11-15(23-17)16(22)20-9-7-12-4-3-8-19-10-12;;/h1-2,5-6,11-12,19H,3-4,7-10H2,(H,20,22);2*1H. The molecule has 138 valence electrons. The van der Waals surface area contributed by atoms with Crippen molar-refractivity contribution in [2.45, 2.75) is 19.3 Å². The van der Waals surface area contributed by atoms with Crippen molar-refractivity contribution in [1.82, 2.24) is 15.6 Å². The summed E-state index contributed by atoms with van der Waals surface area (Å²) in [6, 6.07) is 6.47. The Hall–Kier alpha value is -1.21. The fourth-order valence-electron chi connectivity index (χ4n) is 2.79. The molecular formula is C17H22Cl2FN3OS. The van der Waals surface area contributed by atoms with Gasteiger partial charge in [0.05, 0.1) is 6.20 Å². The number of rotatable bonds is 5. The van der Waals surface area contributed by atoms with Crippen LogP contribution in [0.25, 0.3) is 10.6 Å². The monoisotopic (exact) mass is 405 g/mol. The summed E-state index contributed by atoms with van der Waals surface area (Å²) in [7, 11) is 0. The fourth-order valence-corrected chi connectivity index (χ4v) is 3.65. The molecule has 1 amide bonds. The molecule has 1 aromatic carbocycles. The first-order chi connectivity index (χ1) is 11.2. The van der Waals surface area contributed by atoms with E-state index in [4.69, 9.17) is 0 Å². The summed E-state index contributed by atoms with van der Waals surface area (Å²) in [5.41, 5.74) is 0.435. The lowest BCUT2D eigenvalue weighted by Gasteiger charge is -2.22. The average Bonchev–Trinajstić information content (AvgIpc) is 3.06. The fraction of sp³-hybridized carbons (Fsp3) is 0.412. The molecule has 0 bridgehead atoms. The zero-order valence-corrected chi connectivity index (χ0v) is 16.1. The Kier molecular flexibility index (Phi) is 9.35. The maximum atomic E-state index is 13.8. The van der Waals surface area contributed by atoms with Crippen molar-refractivity contribution in [2.75, 3.05) is 19.6 Å². The van der Waals surface area contributed by atoms with Gasteiger partial charge in [-0.1, -0.05) is 12.1 Å². The van der Waals surface area contributed by atoms with E-state index >= 15 is 0 Å². The number of carbonyl (C=O) groups is 1. The Bertz CT molecular complexity index is 677. The minimum Gasteiger partial charge on any atom is -0.351 e. The molecule has 3 rings (SSSR count). The summed E-state index contributed by atoms with van der Waals surface area (Å²) in [5, 5.41) is 6.84. The minimum absolute atomic E-state index is 0. The second-order valence-electron chi connectivity index (χ2n) is 5.77. The number of hydrogen-bond donors (Lipinski definition) is 2. The largest absolute Gasteiger partial charge is 0.351 e. The van der Waals surface area contributed by atoms with Crippen LogP contribution in [-0.2, 0) is 0 Å². The van der Waals surface area contributed by atoms with Gasteiger partial charge in [-0.15, -0.1) is 36.2 Å². The lowest BCUT2D eigenvalue weighted by atomic mass is 9.96. The molecule has 0 spiro atoms. The van der Waals surface area contributed by atoms with Gasteiger partial charge in [-0.25, -0.2) is 9.37 Å². The second kappa shape index (κ2) is 10.7. The SMILES string of the molecule is Cl.Cl.O=C(NCCC1CCCNC1)c1cnc(-c2ccccc2F)s1. The van der Waals surface area contributed by atoms with Crippen LogP contribution in [-0.4, -0.2) is 30.5 Å². The van der Waals surface area contributed by atoms with E-state index in [9.17, 15) is 9.18 Å². The average molecular weight is 406 g/mol. The van der Waals surface area contributed by atoms with Gasteiger partial charge in [0.25, 0.3) is 5.91 Å². The predicted octanol–water partition coefficient (Wildman–Crippen LogP) is 3.91. The van der Waals surface area contributed by atoms with Crippen molar-refractivity contribution in [3.8, 4) is 10.6 Å². The zero-order valence-electron chi connectivity index (χ0n) is 13.7. The molecule has 8 heteroatoms. The highest BCUT2D eigenvalue weighted by Gasteiger charge is 2.15. The number of amides is 1. The maximum absolute atomic E-state index is 13.8. The highest BCUT2D eigenvalue weighted by atomic mass is 35.5. The van der Waals surface area contributed by atoms with Gasteiger partial charge in [0, 0.05) is 12.1 Å². The third-order valence-corrected chi connectivity index (χ3v) is 5.10. The quantitative estimate of drug-likeness (QED) is 0.792. The Morgan fingerprint density at radius 2 is 2.16 bits per heavy atom. The van der Waals surface area contributed by atoms with Crippen molar-refractivity contribution < 1.29 is 9.18 Å². The van der Waals surface area contributed by atoms with E-state index in [-0.39, 0.29) is 36.5 Å². The second-order valence-corrected chi connectivity index (χ2v) is 6.80. The molecule has 1 saturated heterocycles. The van der Waals surface area contributed by atoms with Gasteiger partial charge in [-0.05, 0) is 50.4 Å². The smallest absolute Gasteiger partial charge is 0.263 e. The van der Waals surface area contributed by atoms with E-state index in [1.807, 2.05) is 0 Å². The number of nitrogens with zero attached hydrogens (tertiary/aromatic N) is 1. The van der Waals surface area contributed by atoms with Gasteiger partial charge in [0.2, 0.25) is 0 Å². The Labute approximate surface area is 163 Å². The lowest BCUT2D eigenvalue weighted by Crippen LogP contribution is -2.33. The number of hydrogen-bond acceptors (Lipinski definition) is 4. The molecule has 0 radical (unpaired) electrons. The van der Waals surface area contributed by atoms with Gasteiger partial charge in [-0.2, -0.15) is 0 Å². The molecule has 0 aliphatic carbocycles. The predicted molar refractivity (Wildman–Crippen MR) is 105 cm³/mol.